The van der Waals surface area contributed by atoms with Crippen LogP contribution in [0.3, 0.4) is 0 Å². The number of nitrogens with one attached hydrogen (secondary N) is 2. The molecule has 0 aromatic carbocycles. The van der Waals surface area contributed by atoms with Crippen molar-refractivity contribution in [1.82, 2.24) is 20.2 Å². The van der Waals surface area contributed by atoms with E-state index in [1.807, 2.05) is 25.1 Å². The van der Waals surface area contributed by atoms with Crippen molar-refractivity contribution in [2.45, 2.75) is 6.92 Å². The fourth-order valence-corrected chi connectivity index (χ4v) is 4.31. The molecule has 6 nitrogen and oxygen atoms in total. The topological polar surface area (TPSA) is 83.6 Å². The molecule has 26 heavy (non-hydrogen) atoms. The number of H-pyrrole nitrogens is 1. The second-order valence-corrected chi connectivity index (χ2v) is 8.30. The lowest BCUT2D eigenvalue weighted by Crippen LogP contribution is -2.13. The number of halogens is 1. The van der Waals surface area contributed by atoms with Gasteiger partial charge in [0.2, 0.25) is 0 Å². The van der Waals surface area contributed by atoms with Crippen molar-refractivity contribution in [3.05, 3.63) is 57.6 Å². The average Bonchev–Trinajstić information content (AvgIpc) is 3.36. The molecule has 4 heterocycles. The van der Waals surface area contributed by atoms with Gasteiger partial charge in [-0.3, -0.25) is 14.9 Å². The van der Waals surface area contributed by atoms with Crippen LogP contribution in [0, 0.1) is 6.92 Å². The number of pyridine rings is 1. The molecule has 9 heteroatoms. The first-order valence-corrected chi connectivity index (χ1v) is 9.61. The molecule has 4 aromatic heterocycles. The van der Waals surface area contributed by atoms with Gasteiger partial charge in [-0.2, -0.15) is 5.10 Å². The van der Waals surface area contributed by atoms with Crippen molar-refractivity contribution in [1.29, 1.82) is 0 Å². The number of aromatic amines is 1. The fraction of sp³-hybridized carbons (Fsp3) is 0.0588. The van der Waals surface area contributed by atoms with Crippen LogP contribution in [-0.4, -0.2) is 26.1 Å². The number of aryl methyl sites for hydroxylation is 1. The van der Waals surface area contributed by atoms with Crippen LogP contribution >= 0.6 is 34.3 Å². The number of amides is 1. The zero-order chi connectivity index (χ0) is 18.1. The Labute approximate surface area is 161 Å². The number of aromatic nitrogens is 4. The van der Waals surface area contributed by atoms with Gasteiger partial charge >= 0.3 is 0 Å². The molecule has 1 amide bonds. The van der Waals surface area contributed by atoms with Crippen molar-refractivity contribution >= 4 is 46.0 Å². The number of thiazole rings is 1. The van der Waals surface area contributed by atoms with Crippen LogP contribution in [0.5, 0.6) is 0 Å². The number of carbonyl (C=O) groups is 1. The lowest BCUT2D eigenvalue weighted by atomic mass is 10.2. The number of thiophene rings is 1. The van der Waals surface area contributed by atoms with E-state index < -0.39 is 0 Å². The first-order chi connectivity index (χ1) is 12.6. The van der Waals surface area contributed by atoms with Gasteiger partial charge in [0, 0.05) is 22.8 Å². The van der Waals surface area contributed by atoms with Gasteiger partial charge in [-0.15, -0.1) is 22.7 Å². The normalized spacial score (nSPS) is 10.8. The van der Waals surface area contributed by atoms with Gasteiger partial charge in [-0.1, -0.05) is 11.6 Å². The van der Waals surface area contributed by atoms with Crippen LogP contribution in [0.4, 0.5) is 5.82 Å². The van der Waals surface area contributed by atoms with Crippen LogP contribution in [-0.2, 0) is 0 Å². The van der Waals surface area contributed by atoms with Crippen LogP contribution < -0.4 is 5.32 Å². The molecule has 2 N–H and O–H groups in total. The molecule has 0 aliphatic rings. The standard InChI is InChI=1S/C17H12ClN5OS2/c1-9-15(22-17(25-9)10-3-2-6-19-7-10)21-16(24)11-8-20-23-14(11)12-4-5-13(18)26-12/h2-8H,1H3,(H,20,23)(H,21,24). The minimum Gasteiger partial charge on any atom is -0.305 e. The molecule has 0 radical (unpaired) electrons. The Morgan fingerprint density at radius 2 is 2.12 bits per heavy atom. The van der Waals surface area contributed by atoms with Crippen molar-refractivity contribution in [2.75, 3.05) is 5.32 Å². The molecule has 4 rings (SSSR count). The Balaban J connectivity index is 1.60. The third-order valence-electron chi connectivity index (χ3n) is 3.64. The molecule has 0 unspecified atom stereocenters. The van der Waals surface area contributed by atoms with E-state index in [9.17, 15) is 4.79 Å². The van der Waals surface area contributed by atoms with Gasteiger partial charge in [-0.25, -0.2) is 4.98 Å². The molecule has 4 aromatic rings. The summed E-state index contributed by atoms with van der Waals surface area (Å²) in [5.74, 6) is 0.264. The maximum atomic E-state index is 12.7. The Hall–Kier alpha value is -2.55. The van der Waals surface area contributed by atoms with Crippen molar-refractivity contribution in [3.63, 3.8) is 0 Å². The summed E-state index contributed by atoms with van der Waals surface area (Å²) in [5, 5.41) is 10.5. The van der Waals surface area contributed by atoms with Gasteiger partial charge in [-0.05, 0) is 31.2 Å². The van der Waals surface area contributed by atoms with Gasteiger partial charge in [0.1, 0.15) is 10.8 Å². The summed E-state index contributed by atoms with van der Waals surface area (Å²) in [5.41, 5.74) is 2.00. The van der Waals surface area contributed by atoms with E-state index in [0.29, 0.717) is 21.4 Å². The molecule has 0 saturated heterocycles. The minimum atomic E-state index is -0.274. The van der Waals surface area contributed by atoms with E-state index in [1.54, 1.807) is 18.5 Å². The first-order valence-electron chi connectivity index (χ1n) is 7.60. The third kappa shape index (κ3) is 3.26. The monoisotopic (exact) mass is 401 g/mol. The minimum absolute atomic E-state index is 0.274. The summed E-state index contributed by atoms with van der Waals surface area (Å²) in [7, 11) is 0. The highest BCUT2D eigenvalue weighted by molar-refractivity contribution is 7.19. The predicted molar refractivity (Wildman–Crippen MR) is 105 cm³/mol. The molecular weight excluding hydrogens is 390 g/mol. The van der Waals surface area contributed by atoms with Crippen molar-refractivity contribution in [3.8, 4) is 21.1 Å². The Morgan fingerprint density at radius 3 is 2.85 bits per heavy atom. The number of carbonyl (C=O) groups excluding carboxylic acids is 1. The average molecular weight is 402 g/mol. The van der Waals surface area contributed by atoms with Crippen LogP contribution in [0.15, 0.2) is 42.9 Å². The van der Waals surface area contributed by atoms with Crippen LogP contribution in [0.2, 0.25) is 4.34 Å². The lowest BCUT2D eigenvalue weighted by molar-refractivity contribution is 0.102. The fourth-order valence-electron chi connectivity index (χ4n) is 2.39. The highest BCUT2D eigenvalue weighted by Gasteiger charge is 2.19. The number of hydrogen-bond donors (Lipinski definition) is 2. The van der Waals surface area contributed by atoms with Gasteiger partial charge in [0.15, 0.2) is 0 Å². The Kier molecular flexibility index (Phi) is 4.54. The number of rotatable bonds is 4. The summed E-state index contributed by atoms with van der Waals surface area (Å²) in [6.07, 6.45) is 4.96. The number of hydrogen-bond acceptors (Lipinski definition) is 6. The summed E-state index contributed by atoms with van der Waals surface area (Å²) in [4.78, 5) is 23.1. The molecule has 0 fully saturated rings. The van der Waals surface area contributed by atoms with Crippen molar-refractivity contribution < 1.29 is 4.79 Å². The molecule has 0 spiro atoms. The highest BCUT2D eigenvalue weighted by atomic mass is 35.5. The number of nitrogens with zero attached hydrogens (tertiary/aromatic N) is 3. The maximum absolute atomic E-state index is 12.7. The molecule has 0 aliphatic carbocycles. The molecule has 0 atom stereocenters. The van der Waals surface area contributed by atoms with Crippen LogP contribution in [0.1, 0.15) is 15.2 Å². The molecule has 130 valence electrons. The van der Waals surface area contributed by atoms with Gasteiger partial charge in [0.05, 0.1) is 26.7 Å². The maximum Gasteiger partial charge on any atom is 0.260 e. The molecular formula is C17H12ClN5OS2. The predicted octanol–water partition coefficient (Wildman–Crippen LogP) is 4.87. The Bertz CT molecular complexity index is 1070. The zero-order valence-corrected chi connectivity index (χ0v) is 15.9. The van der Waals surface area contributed by atoms with Crippen molar-refractivity contribution in [2.24, 2.45) is 0 Å². The lowest BCUT2D eigenvalue weighted by Gasteiger charge is -2.03. The molecule has 0 saturated carbocycles. The smallest absolute Gasteiger partial charge is 0.260 e. The summed E-state index contributed by atoms with van der Waals surface area (Å²) < 4.78 is 0.650. The highest BCUT2D eigenvalue weighted by Crippen LogP contribution is 2.33. The SMILES string of the molecule is Cc1sc(-c2cccnc2)nc1NC(=O)c1cn[nH]c1-c1ccc(Cl)s1. The second kappa shape index (κ2) is 6.99. The van der Waals surface area contributed by atoms with E-state index in [2.05, 4.69) is 25.5 Å². The van der Waals surface area contributed by atoms with E-state index in [-0.39, 0.29) is 5.91 Å². The van der Waals surface area contributed by atoms with Crippen LogP contribution in [0.25, 0.3) is 21.1 Å². The third-order valence-corrected chi connectivity index (χ3v) is 5.91. The number of anilines is 1. The van der Waals surface area contributed by atoms with E-state index in [0.717, 1.165) is 20.3 Å². The molecule has 0 bridgehead atoms. The zero-order valence-electron chi connectivity index (χ0n) is 13.5. The summed E-state index contributed by atoms with van der Waals surface area (Å²) in [6.45, 7) is 1.92. The summed E-state index contributed by atoms with van der Waals surface area (Å²) >= 11 is 8.88. The summed E-state index contributed by atoms with van der Waals surface area (Å²) in [6, 6.07) is 7.43. The van der Waals surface area contributed by atoms with E-state index >= 15 is 0 Å². The first kappa shape index (κ1) is 16.9. The van der Waals surface area contributed by atoms with E-state index in [1.165, 1.54) is 28.9 Å². The molecule has 0 aliphatic heterocycles. The van der Waals surface area contributed by atoms with Gasteiger partial charge < -0.3 is 5.32 Å². The Morgan fingerprint density at radius 1 is 1.23 bits per heavy atom. The second-order valence-electron chi connectivity index (χ2n) is 5.38. The van der Waals surface area contributed by atoms with Gasteiger partial charge in [0.25, 0.3) is 5.91 Å². The largest absolute Gasteiger partial charge is 0.305 e. The quantitative estimate of drug-likeness (QED) is 0.511. The van der Waals surface area contributed by atoms with E-state index in [4.69, 9.17) is 11.6 Å².